The molecule has 1 saturated heterocycles. The van der Waals surface area contributed by atoms with E-state index in [1.165, 1.54) is 6.08 Å². The molecule has 0 bridgehead atoms. The first kappa shape index (κ1) is 25.2. The Balaban J connectivity index is 1.55. The number of carbonyl (C=O) groups excluding carboxylic acids is 1. The lowest BCUT2D eigenvalue weighted by molar-refractivity contribution is 0.0322. The van der Waals surface area contributed by atoms with Gasteiger partial charge in [0.15, 0.2) is 17.3 Å². The molecule has 0 atom stereocenters. The number of ketones is 1. The van der Waals surface area contributed by atoms with Gasteiger partial charge in [0.25, 0.3) is 0 Å². The summed E-state index contributed by atoms with van der Waals surface area (Å²) in [6.07, 6.45) is 3.26. The molecule has 1 fully saturated rings. The number of hydrogen-bond acceptors (Lipinski definition) is 9. The van der Waals surface area contributed by atoms with Crippen molar-refractivity contribution in [2.24, 2.45) is 0 Å². The second-order valence-corrected chi connectivity index (χ2v) is 9.09. The number of methoxy groups -OCH3 is 3. The summed E-state index contributed by atoms with van der Waals surface area (Å²) < 4.78 is 33.5. The molecule has 2 aliphatic rings. The van der Waals surface area contributed by atoms with Crippen molar-refractivity contribution in [1.29, 1.82) is 0 Å². The summed E-state index contributed by atoms with van der Waals surface area (Å²) in [4.78, 5) is 16.5. The van der Waals surface area contributed by atoms with Gasteiger partial charge in [-0.2, -0.15) is 0 Å². The molecular formula is C26H31NO7S. The molecular weight excluding hydrogens is 470 g/mol. The second-order valence-electron chi connectivity index (χ2n) is 7.95. The largest absolute Gasteiger partial charge is 0.493 e. The number of thioether (sulfide) groups is 1. The lowest BCUT2D eigenvalue weighted by Crippen LogP contribution is -2.38. The molecule has 0 amide bonds. The number of ether oxygens (including phenoxy) is 6. The molecule has 188 valence electrons. The number of rotatable bonds is 10. The van der Waals surface area contributed by atoms with E-state index in [9.17, 15) is 4.79 Å². The van der Waals surface area contributed by atoms with Gasteiger partial charge in [0.2, 0.25) is 5.75 Å². The number of morpholine rings is 1. The van der Waals surface area contributed by atoms with Crippen molar-refractivity contribution < 1.29 is 33.2 Å². The maximum Gasteiger partial charge on any atom is 0.203 e. The van der Waals surface area contributed by atoms with Crippen molar-refractivity contribution in [3.63, 3.8) is 0 Å². The molecule has 4 rings (SSSR count). The van der Waals surface area contributed by atoms with Crippen LogP contribution in [-0.4, -0.2) is 83.8 Å². The molecule has 0 unspecified atom stereocenters. The summed E-state index contributed by atoms with van der Waals surface area (Å²) >= 11 is 1.68. The lowest BCUT2D eigenvalue weighted by atomic mass is 10.1. The standard InChI is InChI=1S/C26H31NO7S/c1-29-23-14-18(15-24(30-2)26(23)31-3)4-5-20(28)19-16-25-22(34-12-13-35-25)17-21(19)33-11-8-27-6-9-32-10-7-27/h4-5,14-17H,6-13H2,1-3H3. The molecule has 0 aromatic heterocycles. The summed E-state index contributed by atoms with van der Waals surface area (Å²) in [7, 11) is 4.67. The van der Waals surface area contributed by atoms with Crippen LogP contribution in [-0.2, 0) is 4.74 Å². The van der Waals surface area contributed by atoms with Gasteiger partial charge in [-0.1, -0.05) is 6.08 Å². The molecule has 0 N–H and O–H groups in total. The fraction of sp³-hybridized carbons (Fsp3) is 0.423. The highest BCUT2D eigenvalue weighted by Crippen LogP contribution is 2.40. The normalized spacial score (nSPS) is 15.9. The number of carbonyl (C=O) groups is 1. The van der Waals surface area contributed by atoms with Crippen molar-refractivity contribution in [1.82, 2.24) is 4.90 Å². The molecule has 8 nitrogen and oxygen atoms in total. The van der Waals surface area contributed by atoms with E-state index in [1.807, 2.05) is 12.1 Å². The van der Waals surface area contributed by atoms with E-state index < -0.39 is 0 Å². The van der Waals surface area contributed by atoms with E-state index in [4.69, 9.17) is 28.4 Å². The van der Waals surface area contributed by atoms with Gasteiger partial charge >= 0.3 is 0 Å². The summed E-state index contributed by atoms with van der Waals surface area (Å²) in [5, 5.41) is 0. The van der Waals surface area contributed by atoms with Crippen LogP contribution in [0.2, 0.25) is 0 Å². The minimum Gasteiger partial charge on any atom is -0.493 e. The van der Waals surface area contributed by atoms with Crippen LogP contribution in [0, 0.1) is 0 Å². The van der Waals surface area contributed by atoms with Crippen molar-refractivity contribution >= 4 is 23.6 Å². The van der Waals surface area contributed by atoms with Gasteiger partial charge in [-0.25, -0.2) is 0 Å². The van der Waals surface area contributed by atoms with Crippen molar-refractivity contribution in [2.75, 3.05) is 73.1 Å². The number of fused-ring (bicyclic) bond motifs is 1. The first-order valence-corrected chi connectivity index (χ1v) is 12.5. The van der Waals surface area contributed by atoms with E-state index >= 15 is 0 Å². The fourth-order valence-corrected chi connectivity index (χ4v) is 4.80. The molecule has 0 aliphatic carbocycles. The fourth-order valence-electron chi connectivity index (χ4n) is 3.95. The SMILES string of the molecule is COc1cc(C=CC(=O)c2cc3c(cc2OCCN2CCOCC2)OCCS3)cc(OC)c1OC. The first-order chi connectivity index (χ1) is 17.1. The Morgan fingerprint density at radius 2 is 1.74 bits per heavy atom. The van der Waals surface area contributed by atoms with Gasteiger partial charge < -0.3 is 28.4 Å². The van der Waals surface area contributed by atoms with Gasteiger partial charge in [-0.05, 0) is 29.8 Å². The van der Waals surface area contributed by atoms with Crippen LogP contribution in [0.5, 0.6) is 28.7 Å². The summed E-state index contributed by atoms with van der Waals surface area (Å²) in [5.74, 6) is 3.52. The number of allylic oxidation sites excluding steroid dienone is 1. The van der Waals surface area contributed by atoms with Crippen molar-refractivity contribution in [2.45, 2.75) is 4.90 Å². The Morgan fingerprint density at radius 1 is 1.00 bits per heavy atom. The van der Waals surface area contributed by atoms with Crippen LogP contribution in [0.4, 0.5) is 0 Å². The number of nitrogens with zero attached hydrogens (tertiary/aromatic N) is 1. The van der Waals surface area contributed by atoms with E-state index in [0.717, 1.165) is 54.8 Å². The molecule has 0 spiro atoms. The summed E-state index contributed by atoms with van der Waals surface area (Å²) in [5.41, 5.74) is 1.26. The Hall–Kier alpha value is -2.88. The predicted molar refractivity (Wildman–Crippen MR) is 135 cm³/mol. The van der Waals surface area contributed by atoms with Gasteiger partial charge in [0.1, 0.15) is 18.1 Å². The molecule has 2 aliphatic heterocycles. The van der Waals surface area contributed by atoms with Crippen LogP contribution in [0.1, 0.15) is 15.9 Å². The molecule has 35 heavy (non-hydrogen) atoms. The highest BCUT2D eigenvalue weighted by atomic mass is 32.2. The third kappa shape index (κ3) is 6.22. The zero-order chi connectivity index (χ0) is 24.6. The number of benzene rings is 2. The Labute approximate surface area is 210 Å². The van der Waals surface area contributed by atoms with Crippen LogP contribution >= 0.6 is 11.8 Å². The maximum absolute atomic E-state index is 13.3. The Morgan fingerprint density at radius 3 is 2.43 bits per heavy atom. The molecule has 2 aromatic rings. The highest BCUT2D eigenvalue weighted by molar-refractivity contribution is 7.99. The zero-order valence-electron chi connectivity index (χ0n) is 20.3. The van der Waals surface area contributed by atoms with Crippen LogP contribution in [0.3, 0.4) is 0 Å². The monoisotopic (exact) mass is 501 g/mol. The van der Waals surface area contributed by atoms with E-state index in [0.29, 0.717) is 41.8 Å². The topological polar surface area (TPSA) is 75.7 Å². The second kappa shape index (κ2) is 12.2. The van der Waals surface area contributed by atoms with Gasteiger partial charge in [0, 0.05) is 31.5 Å². The van der Waals surface area contributed by atoms with Gasteiger partial charge in [-0.15, -0.1) is 11.8 Å². The third-order valence-corrected chi connectivity index (χ3v) is 6.79. The highest BCUT2D eigenvalue weighted by Gasteiger charge is 2.20. The molecule has 0 radical (unpaired) electrons. The van der Waals surface area contributed by atoms with Crippen molar-refractivity contribution in [3.8, 4) is 28.7 Å². The molecule has 2 heterocycles. The van der Waals surface area contributed by atoms with Gasteiger partial charge in [0.05, 0.1) is 51.6 Å². The maximum atomic E-state index is 13.3. The average Bonchev–Trinajstić information content (AvgIpc) is 2.91. The minimum atomic E-state index is -0.158. The average molecular weight is 502 g/mol. The Kier molecular flexibility index (Phi) is 8.79. The molecule has 0 saturated carbocycles. The third-order valence-electron chi connectivity index (χ3n) is 5.79. The van der Waals surface area contributed by atoms with Crippen molar-refractivity contribution in [3.05, 3.63) is 41.5 Å². The lowest BCUT2D eigenvalue weighted by Gasteiger charge is -2.26. The van der Waals surface area contributed by atoms with E-state index in [1.54, 1.807) is 51.3 Å². The molecule has 2 aromatic carbocycles. The van der Waals surface area contributed by atoms with E-state index in [2.05, 4.69) is 4.90 Å². The predicted octanol–water partition coefficient (Wildman–Crippen LogP) is 3.80. The van der Waals surface area contributed by atoms with Crippen LogP contribution in [0.25, 0.3) is 6.08 Å². The smallest absolute Gasteiger partial charge is 0.203 e. The minimum absolute atomic E-state index is 0.158. The van der Waals surface area contributed by atoms with E-state index in [-0.39, 0.29) is 5.78 Å². The quantitative estimate of drug-likeness (QED) is 0.357. The van der Waals surface area contributed by atoms with Crippen LogP contribution in [0.15, 0.2) is 35.2 Å². The number of hydrogen-bond donors (Lipinski definition) is 0. The zero-order valence-corrected chi connectivity index (χ0v) is 21.2. The molecule has 9 heteroatoms. The summed E-state index contributed by atoms with van der Waals surface area (Å²) in [6, 6.07) is 7.29. The Bertz CT molecular complexity index is 1040. The van der Waals surface area contributed by atoms with Crippen LogP contribution < -0.4 is 23.7 Å². The first-order valence-electron chi connectivity index (χ1n) is 11.5. The van der Waals surface area contributed by atoms with Gasteiger partial charge in [-0.3, -0.25) is 9.69 Å². The summed E-state index contributed by atoms with van der Waals surface area (Å²) in [6.45, 7) is 5.12.